The second-order valence-electron chi connectivity index (χ2n) is 6.53. The van der Waals surface area contributed by atoms with Crippen molar-refractivity contribution in [3.05, 3.63) is 48.5 Å². The number of anilines is 1. The van der Waals surface area contributed by atoms with Crippen LogP contribution in [0.2, 0.25) is 0 Å². The van der Waals surface area contributed by atoms with E-state index in [4.69, 9.17) is 9.47 Å². The second-order valence-corrected chi connectivity index (χ2v) is 6.53. The summed E-state index contributed by atoms with van der Waals surface area (Å²) in [6.07, 6.45) is 3.27. The van der Waals surface area contributed by atoms with E-state index in [1.165, 1.54) is 6.42 Å². The average molecular weight is 354 g/mol. The topological polar surface area (TPSA) is 59.6 Å². The fourth-order valence-corrected chi connectivity index (χ4v) is 3.22. The minimum atomic E-state index is -0.174. The quantitative estimate of drug-likeness (QED) is 0.813. The van der Waals surface area contributed by atoms with Gasteiger partial charge in [0.25, 0.3) is 0 Å². The van der Waals surface area contributed by atoms with Gasteiger partial charge in [-0.15, -0.1) is 0 Å². The zero-order chi connectivity index (χ0) is 18.2. The Bertz CT molecular complexity index is 709. The molecular weight excluding hydrogens is 328 g/mol. The molecule has 1 saturated heterocycles. The molecule has 3 rings (SSSR count). The predicted octanol–water partition coefficient (Wildman–Crippen LogP) is 4.30. The number of nitrogens with one attached hydrogen (secondary N) is 2. The number of urea groups is 1. The van der Waals surface area contributed by atoms with Crippen LogP contribution in [0, 0.1) is 5.92 Å². The van der Waals surface area contributed by atoms with Gasteiger partial charge in [0.15, 0.2) is 0 Å². The van der Waals surface area contributed by atoms with Crippen molar-refractivity contribution in [3.8, 4) is 16.9 Å². The Morgan fingerprint density at radius 2 is 2.00 bits per heavy atom. The van der Waals surface area contributed by atoms with Crippen LogP contribution >= 0.6 is 0 Å². The third-order valence-corrected chi connectivity index (χ3v) is 4.65. The van der Waals surface area contributed by atoms with E-state index in [0.717, 1.165) is 48.6 Å². The van der Waals surface area contributed by atoms with Crippen molar-refractivity contribution >= 4 is 11.7 Å². The number of ether oxygens (including phenoxy) is 2. The molecule has 1 heterocycles. The van der Waals surface area contributed by atoms with Crippen LogP contribution in [0.5, 0.6) is 5.75 Å². The molecule has 0 saturated carbocycles. The summed E-state index contributed by atoms with van der Waals surface area (Å²) in [5.41, 5.74) is 2.84. The Labute approximate surface area is 154 Å². The molecule has 1 fully saturated rings. The molecule has 0 unspecified atom stereocenters. The minimum Gasteiger partial charge on any atom is -0.496 e. The summed E-state index contributed by atoms with van der Waals surface area (Å²) in [7, 11) is 1.67. The molecule has 5 heteroatoms. The van der Waals surface area contributed by atoms with Crippen LogP contribution in [-0.4, -0.2) is 32.9 Å². The smallest absolute Gasteiger partial charge is 0.319 e. The zero-order valence-electron chi connectivity index (χ0n) is 15.2. The number of carbonyl (C=O) groups is 1. The molecule has 1 aliphatic heterocycles. The summed E-state index contributed by atoms with van der Waals surface area (Å²) in [5.74, 6) is 1.39. The fourth-order valence-electron chi connectivity index (χ4n) is 3.22. The number of methoxy groups -OCH3 is 1. The second kappa shape index (κ2) is 9.25. The number of benzene rings is 2. The van der Waals surface area contributed by atoms with Crippen molar-refractivity contribution in [2.75, 3.05) is 32.2 Å². The molecule has 138 valence electrons. The highest BCUT2D eigenvalue weighted by atomic mass is 16.5. The predicted molar refractivity (Wildman–Crippen MR) is 104 cm³/mol. The van der Waals surface area contributed by atoms with Crippen LogP contribution < -0.4 is 15.4 Å². The van der Waals surface area contributed by atoms with Crippen molar-refractivity contribution in [2.24, 2.45) is 5.92 Å². The van der Waals surface area contributed by atoms with Gasteiger partial charge in [0.05, 0.1) is 7.11 Å². The van der Waals surface area contributed by atoms with E-state index in [-0.39, 0.29) is 6.03 Å². The summed E-state index contributed by atoms with van der Waals surface area (Å²) >= 11 is 0. The van der Waals surface area contributed by atoms with Crippen molar-refractivity contribution in [1.82, 2.24) is 5.32 Å². The summed E-state index contributed by atoms with van der Waals surface area (Å²) in [4.78, 5) is 12.0. The van der Waals surface area contributed by atoms with E-state index < -0.39 is 0 Å². The molecule has 26 heavy (non-hydrogen) atoms. The van der Waals surface area contributed by atoms with E-state index >= 15 is 0 Å². The lowest BCUT2D eigenvalue weighted by molar-refractivity contribution is 0.0520. The zero-order valence-corrected chi connectivity index (χ0v) is 15.2. The van der Waals surface area contributed by atoms with Crippen molar-refractivity contribution in [1.29, 1.82) is 0 Å². The first-order valence-electron chi connectivity index (χ1n) is 9.12. The Morgan fingerprint density at radius 1 is 1.19 bits per heavy atom. The number of hydrogen-bond acceptors (Lipinski definition) is 3. The molecule has 0 radical (unpaired) electrons. The van der Waals surface area contributed by atoms with E-state index in [9.17, 15) is 4.79 Å². The van der Waals surface area contributed by atoms with Gasteiger partial charge in [0, 0.05) is 31.0 Å². The Hall–Kier alpha value is -2.53. The first-order valence-corrected chi connectivity index (χ1v) is 9.12. The Kier molecular flexibility index (Phi) is 6.50. The molecule has 2 N–H and O–H groups in total. The maximum atomic E-state index is 12.0. The summed E-state index contributed by atoms with van der Waals surface area (Å²) in [5, 5.41) is 5.79. The molecule has 0 aliphatic carbocycles. The number of carbonyl (C=O) groups excluding carboxylic acids is 1. The van der Waals surface area contributed by atoms with E-state index in [2.05, 4.69) is 10.6 Å². The maximum Gasteiger partial charge on any atom is 0.319 e. The summed E-state index contributed by atoms with van der Waals surface area (Å²) < 4.78 is 10.9. The summed E-state index contributed by atoms with van der Waals surface area (Å²) in [6.45, 7) is 2.35. The first kappa shape index (κ1) is 18.3. The average Bonchev–Trinajstić information content (AvgIpc) is 2.69. The molecule has 0 spiro atoms. The molecule has 2 aromatic carbocycles. The number of hydrogen-bond donors (Lipinski definition) is 2. The molecule has 1 atom stereocenters. The van der Waals surface area contributed by atoms with Crippen molar-refractivity contribution < 1.29 is 14.3 Å². The number of rotatable bonds is 6. The molecule has 0 bridgehead atoms. The third kappa shape index (κ3) is 4.99. The van der Waals surface area contributed by atoms with Crippen molar-refractivity contribution in [2.45, 2.75) is 19.3 Å². The lowest BCUT2D eigenvalue weighted by atomic mass is 9.99. The lowest BCUT2D eigenvalue weighted by Gasteiger charge is -2.21. The number of para-hydroxylation sites is 1. The van der Waals surface area contributed by atoms with Crippen LogP contribution in [0.15, 0.2) is 48.5 Å². The molecule has 1 aliphatic rings. The number of amides is 2. The van der Waals surface area contributed by atoms with Gasteiger partial charge in [-0.25, -0.2) is 4.79 Å². The van der Waals surface area contributed by atoms with Gasteiger partial charge in [-0.05, 0) is 48.9 Å². The monoisotopic (exact) mass is 354 g/mol. The Morgan fingerprint density at radius 3 is 2.73 bits per heavy atom. The van der Waals surface area contributed by atoms with Crippen LogP contribution in [-0.2, 0) is 4.74 Å². The van der Waals surface area contributed by atoms with Gasteiger partial charge in [-0.1, -0.05) is 30.3 Å². The third-order valence-electron chi connectivity index (χ3n) is 4.65. The lowest BCUT2D eigenvalue weighted by Crippen LogP contribution is -2.31. The highest BCUT2D eigenvalue weighted by Gasteiger charge is 2.13. The van der Waals surface area contributed by atoms with E-state index in [0.29, 0.717) is 12.5 Å². The van der Waals surface area contributed by atoms with Crippen LogP contribution in [0.4, 0.5) is 10.5 Å². The van der Waals surface area contributed by atoms with Gasteiger partial charge in [-0.3, -0.25) is 0 Å². The van der Waals surface area contributed by atoms with Gasteiger partial charge in [0.2, 0.25) is 0 Å². The summed E-state index contributed by atoms with van der Waals surface area (Å²) in [6, 6.07) is 15.5. The minimum absolute atomic E-state index is 0.174. The van der Waals surface area contributed by atoms with Gasteiger partial charge < -0.3 is 20.1 Å². The first-order chi connectivity index (χ1) is 12.8. The van der Waals surface area contributed by atoms with Crippen molar-refractivity contribution in [3.63, 3.8) is 0 Å². The standard InChI is InChI=1S/C21H26N2O3/c1-25-20-7-3-2-6-19(20)17-8-10-18(11-9-17)23-21(24)22-13-12-16-5-4-14-26-15-16/h2-3,6-11,16H,4-5,12-15H2,1H3,(H2,22,23,24)/t16-/m0/s1. The molecular formula is C21H26N2O3. The molecule has 5 nitrogen and oxygen atoms in total. The van der Waals surface area contributed by atoms with Crippen LogP contribution in [0.25, 0.3) is 11.1 Å². The fraction of sp³-hybridized carbons (Fsp3) is 0.381. The highest BCUT2D eigenvalue weighted by Crippen LogP contribution is 2.30. The highest BCUT2D eigenvalue weighted by molar-refractivity contribution is 5.89. The molecule has 2 amide bonds. The van der Waals surface area contributed by atoms with Gasteiger partial charge in [-0.2, -0.15) is 0 Å². The van der Waals surface area contributed by atoms with Gasteiger partial charge >= 0.3 is 6.03 Å². The maximum absolute atomic E-state index is 12.0. The Balaban J connectivity index is 1.49. The SMILES string of the molecule is COc1ccccc1-c1ccc(NC(=O)NCC[C@@H]2CCCOC2)cc1. The van der Waals surface area contributed by atoms with E-state index in [1.807, 2.05) is 48.5 Å². The normalized spacial score (nSPS) is 16.7. The van der Waals surface area contributed by atoms with Crippen LogP contribution in [0.1, 0.15) is 19.3 Å². The largest absolute Gasteiger partial charge is 0.496 e. The molecule has 0 aromatic heterocycles. The van der Waals surface area contributed by atoms with Crippen LogP contribution in [0.3, 0.4) is 0 Å². The van der Waals surface area contributed by atoms with Gasteiger partial charge in [0.1, 0.15) is 5.75 Å². The van der Waals surface area contributed by atoms with E-state index in [1.54, 1.807) is 7.11 Å². The molecule has 2 aromatic rings.